The first-order valence-electron chi connectivity index (χ1n) is 7.76. The highest BCUT2D eigenvalue weighted by atomic mass is 35.5. The molecule has 4 rings (SSSR count). The smallest absolute Gasteiger partial charge is 0.441 e. The Labute approximate surface area is 175 Å². The molecule has 0 aliphatic carbocycles. The summed E-state index contributed by atoms with van der Waals surface area (Å²) >= 11 is 12.2. The largest absolute Gasteiger partial charge is 0.457 e. The van der Waals surface area contributed by atoms with Crippen LogP contribution in [-0.2, 0) is 4.79 Å². The summed E-state index contributed by atoms with van der Waals surface area (Å²) in [6.45, 7) is 0. The van der Waals surface area contributed by atoms with Gasteiger partial charge >= 0.3 is 6.18 Å². The maximum Gasteiger partial charge on any atom is 0.441 e. The molecule has 0 atom stereocenters. The molecule has 1 N–H and O–H groups in total. The zero-order valence-electron chi connectivity index (χ0n) is 13.9. The molecule has 0 radical (unpaired) electrons. The van der Waals surface area contributed by atoms with Crippen LogP contribution < -0.4 is 0 Å². The number of amides is 1. The lowest BCUT2D eigenvalue weighted by Crippen LogP contribution is -2.35. The topological polar surface area (TPSA) is 82.0 Å². The second kappa shape index (κ2) is 7.05. The summed E-state index contributed by atoms with van der Waals surface area (Å²) in [7, 11) is 0. The third kappa shape index (κ3) is 3.70. The number of amidine groups is 2. The number of nitrogens with one attached hydrogen (secondary N) is 1. The number of fused-ring (bicyclic) bond motifs is 1. The van der Waals surface area contributed by atoms with Crippen molar-refractivity contribution < 1.29 is 22.4 Å². The highest BCUT2D eigenvalue weighted by Gasteiger charge is 2.46. The maximum atomic E-state index is 12.9. The van der Waals surface area contributed by atoms with Crippen LogP contribution in [0.1, 0.15) is 5.76 Å². The lowest BCUT2D eigenvalue weighted by molar-refractivity contribution is -0.114. The van der Waals surface area contributed by atoms with Gasteiger partial charge in [-0.05, 0) is 48.2 Å². The van der Waals surface area contributed by atoms with Crippen molar-refractivity contribution >= 4 is 63.0 Å². The van der Waals surface area contributed by atoms with Gasteiger partial charge in [-0.3, -0.25) is 10.2 Å². The summed E-state index contributed by atoms with van der Waals surface area (Å²) in [5.41, 5.74) is 0.297. The molecule has 0 spiro atoms. The van der Waals surface area contributed by atoms with Gasteiger partial charge in [0, 0.05) is 10.6 Å². The third-order valence-electron chi connectivity index (χ3n) is 3.81. The Hall–Kier alpha value is -2.56. The van der Waals surface area contributed by atoms with Gasteiger partial charge in [-0.25, -0.2) is 0 Å². The molecule has 2 aromatic rings. The normalized spacial score (nSPS) is 18.2. The molecule has 3 heterocycles. The second-order valence-electron chi connectivity index (χ2n) is 5.75. The third-order valence-corrected chi connectivity index (χ3v) is 5.31. The first-order valence-corrected chi connectivity index (χ1v) is 9.33. The van der Waals surface area contributed by atoms with E-state index in [0.29, 0.717) is 26.4 Å². The van der Waals surface area contributed by atoms with Crippen molar-refractivity contribution in [3.63, 3.8) is 0 Å². The van der Waals surface area contributed by atoms with Crippen LogP contribution in [0.3, 0.4) is 0 Å². The number of benzene rings is 1. The summed E-state index contributed by atoms with van der Waals surface area (Å²) in [6.07, 6.45) is -3.49. The molecule has 0 saturated carbocycles. The van der Waals surface area contributed by atoms with Crippen LogP contribution in [0.4, 0.5) is 13.2 Å². The predicted molar refractivity (Wildman–Crippen MR) is 105 cm³/mol. The van der Waals surface area contributed by atoms with Crippen LogP contribution in [0, 0.1) is 5.41 Å². The summed E-state index contributed by atoms with van der Waals surface area (Å²) in [5, 5.41) is 11.4. The maximum absolute atomic E-state index is 12.9. The Morgan fingerprint density at radius 2 is 1.97 bits per heavy atom. The molecule has 1 aromatic heterocycles. The fourth-order valence-electron chi connectivity index (χ4n) is 2.51. The summed E-state index contributed by atoms with van der Waals surface area (Å²) < 4.78 is 44.2. The number of nitrogens with zero attached hydrogens (tertiary/aromatic N) is 3. The molecule has 29 heavy (non-hydrogen) atoms. The molecule has 0 unspecified atom stereocenters. The summed E-state index contributed by atoms with van der Waals surface area (Å²) in [5.74, 6) is -0.833. The number of carbonyl (C=O) groups is 1. The van der Waals surface area contributed by atoms with Crippen molar-refractivity contribution in [3.05, 3.63) is 51.7 Å². The second-order valence-corrected chi connectivity index (χ2v) is 7.55. The molecule has 0 bridgehead atoms. The van der Waals surface area contributed by atoms with Gasteiger partial charge in [-0.1, -0.05) is 23.2 Å². The average Bonchev–Trinajstić information content (AvgIpc) is 3.25. The van der Waals surface area contributed by atoms with E-state index in [1.807, 2.05) is 0 Å². The predicted octanol–water partition coefficient (Wildman–Crippen LogP) is 5.43. The van der Waals surface area contributed by atoms with Gasteiger partial charge in [0.2, 0.25) is 10.2 Å². The first-order chi connectivity index (χ1) is 13.6. The van der Waals surface area contributed by atoms with Gasteiger partial charge in [0.15, 0.2) is 5.84 Å². The fourth-order valence-corrected chi connectivity index (χ4v) is 3.77. The highest BCUT2D eigenvalue weighted by Crippen LogP contribution is 2.36. The molecule has 12 heteroatoms. The quantitative estimate of drug-likeness (QED) is 0.607. The number of aliphatic imine (C=N–C) groups is 1. The lowest BCUT2D eigenvalue weighted by Gasteiger charge is -2.19. The van der Waals surface area contributed by atoms with E-state index >= 15 is 0 Å². The number of hydrazone groups is 1. The van der Waals surface area contributed by atoms with E-state index in [4.69, 9.17) is 33.0 Å². The van der Waals surface area contributed by atoms with E-state index in [1.54, 1.807) is 18.2 Å². The van der Waals surface area contributed by atoms with Crippen molar-refractivity contribution in [2.24, 2.45) is 10.1 Å². The Balaban J connectivity index is 1.66. The van der Waals surface area contributed by atoms with Crippen molar-refractivity contribution in [1.29, 1.82) is 5.41 Å². The van der Waals surface area contributed by atoms with E-state index in [1.165, 1.54) is 18.2 Å². The Bertz CT molecular complexity index is 1150. The van der Waals surface area contributed by atoms with Gasteiger partial charge in [0.1, 0.15) is 11.5 Å². The zero-order valence-corrected chi connectivity index (χ0v) is 16.2. The Morgan fingerprint density at radius 3 is 2.66 bits per heavy atom. The number of hydrogen-bond acceptors (Lipinski definition) is 5. The molecule has 1 amide bonds. The minimum atomic E-state index is -4.70. The van der Waals surface area contributed by atoms with Crippen molar-refractivity contribution in [2.45, 2.75) is 6.18 Å². The number of hydrogen-bond donors (Lipinski definition) is 1. The van der Waals surface area contributed by atoms with Crippen molar-refractivity contribution in [3.8, 4) is 11.3 Å². The monoisotopic (exact) mass is 458 g/mol. The molecule has 148 valence electrons. The molecular weight excluding hydrogens is 452 g/mol. The first kappa shape index (κ1) is 19.7. The van der Waals surface area contributed by atoms with Gasteiger partial charge in [-0.15, -0.1) is 0 Å². The number of alkyl halides is 3. The van der Waals surface area contributed by atoms with E-state index < -0.39 is 23.0 Å². The van der Waals surface area contributed by atoms with Crippen LogP contribution >= 0.6 is 35.0 Å². The molecule has 2 aliphatic heterocycles. The van der Waals surface area contributed by atoms with Gasteiger partial charge < -0.3 is 4.42 Å². The Morgan fingerprint density at radius 1 is 1.21 bits per heavy atom. The average molecular weight is 459 g/mol. The number of rotatable bonds is 2. The molecule has 0 fully saturated rings. The van der Waals surface area contributed by atoms with E-state index in [0.717, 1.165) is 0 Å². The SMILES string of the molecule is N=C1/C(=C/c2ccc(-c3ccc(Cl)cc3Cl)o2)C(=O)N=C2SC(C(F)(F)F)=NN12. The fraction of sp³-hybridized carbons (Fsp3) is 0.0588. The van der Waals surface area contributed by atoms with Crippen LogP contribution in [-0.4, -0.2) is 33.1 Å². The van der Waals surface area contributed by atoms with E-state index in [2.05, 4.69) is 10.1 Å². The van der Waals surface area contributed by atoms with Crippen LogP contribution in [0.25, 0.3) is 17.4 Å². The molecule has 0 saturated heterocycles. The molecule has 1 aromatic carbocycles. The number of carbonyl (C=O) groups excluding carboxylic acids is 1. The summed E-state index contributed by atoms with van der Waals surface area (Å²) in [6, 6.07) is 7.94. The Kier molecular flexibility index (Phi) is 4.80. The van der Waals surface area contributed by atoms with Crippen LogP contribution in [0.2, 0.25) is 10.0 Å². The van der Waals surface area contributed by atoms with E-state index in [-0.39, 0.29) is 28.3 Å². The van der Waals surface area contributed by atoms with Crippen LogP contribution in [0.15, 0.2) is 50.4 Å². The number of thioether (sulfide) groups is 1. The van der Waals surface area contributed by atoms with Gasteiger partial charge in [-0.2, -0.15) is 28.3 Å². The highest BCUT2D eigenvalue weighted by molar-refractivity contribution is 8.27. The minimum absolute atomic E-state index is 0.185. The standard InChI is InChI=1S/C17H7Cl2F3N4O2S/c18-7-1-3-9(11(19)5-7)12-4-2-8(28-12)6-10-13(23)26-16(24-14(10)27)29-15(25-26)17(20,21)22/h1-6,23H/b10-6-,23-13?. The van der Waals surface area contributed by atoms with Crippen LogP contribution in [0.5, 0.6) is 0 Å². The minimum Gasteiger partial charge on any atom is -0.457 e. The molecule has 6 nitrogen and oxygen atoms in total. The van der Waals surface area contributed by atoms with Crippen molar-refractivity contribution in [2.75, 3.05) is 0 Å². The molecular formula is C17H7Cl2F3N4O2S. The number of furan rings is 1. The molecule has 2 aliphatic rings. The zero-order chi connectivity index (χ0) is 20.9. The van der Waals surface area contributed by atoms with Gasteiger partial charge in [0.25, 0.3) is 5.91 Å². The van der Waals surface area contributed by atoms with E-state index in [9.17, 15) is 18.0 Å². The lowest BCUT2D eigenvalue weighted by atomic mass is 10.1. The van der Waals surface area contributed by atoms with Gasteiger partial charge in [0.05, 0.1) is 10.6 Å². The summed E-state index contributed by atoms with van der Waals surface area (Å²) in [4.78, 5) is 15.8. The number of halogens is 5. The van der Waals surface area contributed by atoms with Crippen molar-refractivity contribution in [1.82, 2.24) is 5.01 Å².